The highest BCUT2D eigenvalue weighted by Crippen LogP contribution is 2.13. The second-order valence-electron chi connectivity index (χ2n) is 3.65. The lowest BCUT2D eigenvalue weighted by Crippen LogP contribution is -2.49. The lowest BCUT2D eigenvalue weighted by atomic mass is 10.1. The molecule has 4 heteroatoms. The molecule has 1 fully saturated rings. The molecule has 1 heterocycles. The third-order valence-electron chi connectivity index (χ3n) is 2.75. The quantitative estimate of drug-likeness (QED) is 0.706. The van der Waals surface area contributed by atoms with Gasteiger partial charge in [0.05, 0.1) is 25.2 Å². The normalized spacial score (nSPS) is 25.6. The lowest BCUT2D eigenvalue weighted by molar-refractivity contribution is -0.0382. The van der Waals surface area contributed by atoms with Crippen LogP contribution in [0.15, 0.2) is 0 Å². The summed E-state index contributed by atoms with van der Waals surface area (Å²) in [6.07, 6.45) is 1.77. The minimum Gasteiger partial charge on any atom is -0.374 e. The zero-order valence-corrected chi connectivity index (χ0v) is 8.78. The van der Waals surface area contributed by atoms with Crippen molar-refractivity contribution in [3.05, 3.63) is 0 Å². The van der Waals surface area contributed by atoms with Crippen LogP contribution in [0.3, 0.4) is 0 Å². The standard InChI is InChI=1S/C10H19N3O/c1-2-9(3-4-11)13-5-6-14-10(7-12)8-13/h9-10H,2-3,5-8,12H2,1H3. The molecule has 1 saturated heterocycles. The van der Waals surface area contributed by atoms with E-state index in [1.54, 1.807) is 0 Å². The average molecular weight is 197 g/mol. The Balaban J connectivity index is 2.45. The van der Waals surface area contributed by atoms with Gasteiger partial charge in [-0.1, -0.05) is 6.92 Å². The van der Waals surface area contributed by atoms with Gasteiger partial charge in [0.1, 0.15) is 0 Å². The van der Waals surface area contributed by atoms with Gasteiger partial charge in [-0.15, -0.1) is 0 Å². The van der Waals surface area contributed by atoms with Crippen molar-refractivity contribution >= 4 is 0 Å². The molecule has 2 atom stereocenters. The number of rotatable bonds is 4. The zero-order chi connectivity index (χ0) is 10.4. The Bertz CT molecular complexity index is 202. The van der Waals surface area contributed by atoms with Gasteiger partial charge in [-0.2, -0.15) is 5.26 Å². The lowest BCUT2D eigenvalue weighted by Gasteiger charge is -2.36. The number of ether oxygens (including phenoxy) is 1. The van der Waals surface area contributed by atoms with Gasteiger partial charge in [0, 0.05) is 25.7 Å². The van der Waals surface area contributed by atoms with Gasteiger partial charge >= 0.3 is 0 Å². The molecule has 2 unspecified atom stereocenters. The monoisotopic (exact) mass is 197 g/mol. The smallest absolute Gasteiger partial charge is 0.0824 e. The molecule has 0 aromatic rings. The Morgan fingerprint density at radius 1 is 1.71 bits per heavy atom. The highest BCUT2D eigenvalue weighted by molar-refractivity contribution is 4.85. The topological polar surface area (TPSA) is 62.3 Å². The molecule has 1 aliphatic rings. The molecule has 0 aliphatic carbocycles. The summed E-state index contributed by atoms with van der Waals surface area (Å²) in [6.45, 7) is 5.23. The third-order valence-corrected chi connectivity index (χ3v) is 2.75. The molecule has 0 spiro atoms. The molecule has 0 aromatic carbocycles. The van der Waals surface area contributed by atoms with Crippen LogP contribution in [-0.4, -0.2) is 43.3 Å². The minimum absolute atomic E-state index is 0.150. The van der Waals surface area contributed by atoms with Crippen LogP contribution in [0.1, 0.15) is 19.8 Å². The summed E-state index contributed by atoms with van der Waals surface area (Å²) in [5.74, 6) is 0. The van der Waals surface area contributed by atoms with E-state index >= 15 is 0 Å². The van der Waals surface area contributed by atoms with E-state index in [1.807, 2.05) is 0 Å². The van der Waals surface area contributed by atoms with E-state index in [1.165, 1.54) is 0 Å². The van der Waals surface area contributed by atoms with Gasteiger partial charge in [-0.3, -0.25) is 4.90 Å². The van der Waals surface area contributed by atoms with Crippen molar-refractivity contribution in [2.75, 3.05) is 26.2 Å². The fourth-order valence-corrected chi connectivity index (χ4v) is 1.85. The Kier molecular flexibility index (Phi) is 4.88. The minimum atomic E-state index is 0.150. The van der Waals surface area contributed by atoms with Gasteiger partial charge in [0.2, 0.25) is 0 Å². The van der Waals surface area contributed by atoms with Crippen molar-refractivity contribution in [3.63, 3.8) is 0 Å². The van der Waals surface area contributed by atoms with Crippen molar-refractivity contribution in [3.8, 4) is 6.07 Å². The summed E-state index contributed by atoms with van der Waals surface area (Å²) < 4.78 is 5.48. The highest BCUT2D eigenvalue weighted by atomic mass is 16.5. The average Bonchev–Trinajstić information content (AvgIpc) is 2.26. The van der Waals surface area contributed by atoms with Gasteiger partial charge in [0.25, 0.3) is 0 Å². The number of morpholine rings is 1. The predicted molar refractivity (Wildman–Crippen MR) is 54.7 cm³/mol. The number of nitrogens with zero attached hydrogens (tertiary/aromatic N) is 2. The van der Waals surface area contributed by atoms with Crippen molar-refractivity contribution < 1.29 is 4.74 Å². The van der Waals surface area contributed by atoms with Crippen LogP contribution in [-0.2, 0) is 4.74 Å². The molecular formula is C10H19N3O. The van der Waals surface area contributed by atoms with Crippen LogP contribution < -0.4 is 5.73 Å². The molecule has 1 aliphatic heterocycles. The molecule has 0 bridgehead atoms. The van der Waals surface area contributed by atoms with Crippen LogP contribution in [0.2, 0.25) is 0 Å². The van der Waals surface area contributed by atoms with Crippen LogP contribution in [0.25, 0.3) is 0 Å². The van der Waals surface area contributed by atoms with Gasteiger partial charge < -0.3 is 10.5 Å². The summed E-state index contributed by atoms with van der Waals surface area (Å²) >= 11 is 0. The Labute approximate surface area is 85.6 Å². The van der Waals surface area contributed by atoms with Gasteiger partial charge in [0.15, 0.2) is 0 Å². The fraction of sp³-hybridized carbons (Fsp3) is 0.900. The molecule has 1 rings (SSSR count). The van der Waals surface area contributed by atoms with E-state index in [2.05, 4.69) is 17.9 Å². The van der Waals surface area contributed by atoms with E-state index in [4.69, 9.17) is 15.7 Å². The van der Waals surface area contributed by atoms with Crippen LogP contribution in [0, 0.1) is 11.3 Å². The number of nitriles is 1. The molecule has 4 nitrogen and oxygen atoms in total. The van der Waals surface area contributed by atoms with Crippen LogP contribution in [0.4, 0.5) is 0 Å². The van der Waals surface area contributed by atoms with Gasteiger partial charge in [-0.25, -0.2) is 0 Å². The van der Waals surface area contributed by atoms with E-state index in [0.717, 1.165) is 26.1 Å². The van der Waals surface area contributed by atoms with E-state index in [0.29, 0.717) is 19.0 Å². The first-order valence-corrected chi connectivity index (χ1v) is 5.24. The summed E-state index contributed by atoms with van der Waals surface area (Å²) in [5.41, 5.74) is 5.56. The molecule has 0 aromatic heterocycles. The maximum Gasteiger partial charge on any atom is 0.0824 e. The second kappa shape index (κ2) is 5.97. The fourth-order valence-electron chi connectivity index (χ4n) is 1.85. The van der Waals surface area contributed by atoms with E-state index < -0.39 is 0 Å². The highest BCUT2D eigenvalue weighted by Gasteiger charge is 2.24. The maximum absolute atomic E-state index is 8.69. The van der Waals surface area contributed by atoms with Crippen molar-refractivity contribution in [2.24, 2.45) is 5.73 Å². The first-order valence-electron chi connectivity index (χ1n) is 5.24. The first kappa shape index (κ1) is 11.4. The SMILES string of the molecule is CCC(CC#N)N1CCOC(CN)C1. The summed E-state index contributed by atoms with van der Waals surface area (Å²) in [7, 11) is 0. The number of nitrogens with two attached hydrogens (primary N) is 1. The molecular weight excluding hydrogens is 178 g/mol. The molecule has 2 N–H and O–H groups in total. The largest absolute Gasteiger partial charge is 0.374 e. The Morgan fingerprint density at radius 2 is 2.50 bits per heavy atom. The van der Waals surface area contributed by atoms with Crippen LogP contribution in [0.5, 0.6) is 0 Å². The maximum atomic E-state index is 8.69. The number of hydrogen-bond acceptors (Lipinski definition) is 4. The van der Waals surface area contributed by atoms with Crippen LogP contribution >= 0.6 is 0 Å². The molecule has 0 amide bonds. The van der Waals surface area contributed by atoms with E-state index in [9.17, 15) is 0 Å². The summed E-state index contributed by atoms with van der Waals surface area (Å²) in [4.78, 5) is 2.32. The van der Waals surface area contributed by atoms with E-state index in [-0.39, 0.29) is 6.10 Å². The Hall–Kier alpha value is -0.630. The molecule has 0 radical (unpaired) electrons. The zero-order valence-electron chi connectivity index (χ0n) is 8.78. The predicted octanol–water partition coefficient (Wildman–Crippen LogP) is 0.338. The third kappa shape index (κ3) is 2.95. The molecule has 80 valence electrons. The molecule has 0 saturated carbocycles. The van der Waals surface area contributed by atoms with Crippen molar-refractivity contribution in [1.82, 2.24) is 4.90 Å². The second-order valence-corrected chi connectivity index (χ2v) is 3.65. The Morgan fingerprint density at radius 3 is 3.07 bits per heavy atom. The molecule has 14 heavy (non-hydrogen) atoms. The number of hydrogen-bond donors (Lipinski definition) is 1. The summed E-state index contributed by atoms with van der Waals surface area (Å²) in [6, 6.07) is 2.61. The summed E-state index contributed by atoms with van der Waals surface area (Å²) in [5, 5.41) is 8.69. The van der Waals surface area contributed by atoms with Crippen molar-refractivity contribution in [2.45, 2.75) is 31.9 Å². The van der Waals surface area contributed by atoms with Crippen molar-refractivity contribution in [1.29, 1.82) is 5.26 Å². The van der Waals surface area contributed by atoms with Gasteiger partial charge in [-0.05, 0) is 6.42 Å². The first-order chi connectivity index (χ1) is 6.81.